The molecule has 0 bridgehead atoms. The molecule has 0 N–H and O–H groups in total. The highest BCUT2D eigenvalue weighted by molar-refractivity contribution is 9.09. The van der Waals surface area contributed by atoms with Crippen LogP contribution in [-0.2, 0) is 0 Å². The van der Waals surface area contributed by atoms with E-state index in [4.69, 9.17) is 0 Å². The Kier molecular flexibility index (Phi) is 3.46. The van der Waals surface area contributed by atoms with Crippen LogP contribution in [0.25, 0.3) is 0 Å². The SMILES string of the molecule is BC(C)C(=C)C(C)Br. The summed E-state index contributed by atoms with van der Waals surface area (Å²) in [5.74, 6) is 0.601. The van der Waals surface area contributed by atoms with Crippen molar-refractivity contribution in [1.29, 1.82) is 0 Å². The van der Waals surface area contributed by atoms with Gasteiger partial charge in [-0.3, -0.25) is 0 Å². The molecule has 0 fully saturated rings. The van der Waals surface area contributed by atoms with Crippen molar-refractivity contribution in [2.45, 2.75) is 24.5 Å². The van der Waals surface area contributed by atoms with Gasteiger partial charge in [0.25, 0.3) is 0 Å². The van der Waals surface area contributed by atoms with Gasteiger partial charge in [-0.2, -0.15) is 0 Å². The number of hydrogen-bond acceptors (Lipinski definition) is 0. The van der Waals surface area contributed by atoms with Crippen LogP contribution < -0.4 is 0 Å². The molecule has 0 aromatic heterocycles. The van der Waals surface area contributed by atoms with E-state index in [1.807, 2.05) is 0 Å². The molecule has 0 rings (SSSR count). The van der Waals surface area contributed by atoms with Crippen molar-refractivity contribution in [3.63, 3.8) is 0 Å². The zero-order chi connectivity index (χ0) is 6.73. The largest absolute Gasteiger partial charge is 0.110 e. The predicted molar refractivity (Wildman–Crippen MR) is 45.5 cm³/mol. The Morgan fingerprint density at radius 1 is 1.62 bits per heavy atom. The first-order valence-corrected chi connectivity index (χ1v) is 3.80. The summed E-state index contributed by atoms with van der Waals surface area (Å²) in [5.41, 5.74) is 1.27. The number of rotatable bonds is 2. The molecular weight excluding hydrogens is 163 g/mol. The van der Waals surface area contributed by atoms with Gasteiger partial charge in [0.2, 0.25) is 0 Å². The van der Waals surface area contributed by atoms with Crippen LogP contribution in [0.15, 0.2) is 12.2 Å². The summed E-state index contributed by atoms with van der Waals surface area (Å²) >= 11 is 3.44. The van der Waals surface area contributed by atoms with Crippen LogP contribution in [0, 0.1) is 0 Å². The Labute approximate surface area is 60.9 Å². The second-order valence-electron chi connectivity index (χ2n) is 2.35. The predicted octanol–water partition coefficient (Wildman–Crippen LogP) is 1.77. The van der Waals surface area contributed by atoms with Gasteiger partial charge in [-0.25, -0.2) is 0 Å². The molecule has 0 saturated carbocycles. The lowest BCUT2D eigenvalue weighted by Gasteiger charge is -2.10. The van der Waals surface area contributed by atoms with Crippen molar-refractivity contribution in [2.24, 2.45) is 0 Å². The molecule has 2 atom stereocenters. The summed E-state index contributed by atoms with van der Waals surface area (Å²) in [4.78, 5) is 0.461. The van der Waals surface area contributed by atoms with Gasteiger partial charge in [0.1, 0.15) is 7.85 Å². The zero-order valence-corrected chi connectivity index (χ0v) is 7.33. The smallest absolute Gasteiger partial charge is 0.0992 e. The van der Waals surface area contributed by atoms with E-state index in [9.17, 15) is 0 Å². The van der Waals surface area contributed by atoms with Crippen molar-refractivity contribution in [1.82, 2.24) is 0 Å². The molecule has 46 valence electrons. The molecule has 0 spiro atoms. The average Bonchev–Trinajstić information content (AvgIpc) is 1.64. The summed E-state index contributed by atoms with van der Waals surface area (Å²) in [6, 6.07) is 0. The number of halogens is 1. The fourth-order valence-electron chi connectivity index (χ4n) is 0.459. The van der Waals surface area contributed by atoms with Gasteiger partial charge in [-0.05, 0) is 6.92 Å². The maximum Gasteiger partial charge on any atom is 0.110 e. The van der Waals surface area contributed by atoms with Gasteiger partial charge in [-0.1, -0.05) is 40.8 Å². The molecule has 0 heterocycles. The second-order valence-corrected chi connectivity index (χ2v) is 3.72. The Balaban J connectivity index is 3.65. The maximum absolute atomic E-state index is 3.91. The van der Waals surface area contributed by atoms with Crippen LogP contribution >= 0.6 is 15.9 Å². The molecule has 2 unspecified atom stereocenters. The number of alkyl halides is 1. The van der Waals surface area contributed by atoms with E-state index in [1.54, 1.807) is 0 Å². The quantitative estimate of drug-likeness (QED) is 0.340. The molecule has 0 aromatic carbocycles. The van der Waals surface area contributed by atoms with Crippen molar-refractivity contribution in [2.75, 3.05) is 0 Å². The van der Waals surface area contributed by atoms with Crippen LogP contribution in [0.3, 0.4) is 0 Å². The number of allylic oxidation sites excluding steroid dienone is 1. The first-order chi connectivity index (χ1) is 3.55. The van der Waals surface area contributed by atoms with E-state index in [1.165, 1.54) is 5.57 Å². The molecule has 0 radical (unpaired) electrons. The van der Waals surface area contributed by atoms with Crippen molar-refractivity contribution < 1.29 is 0 Å². The number of hydrogen-bond donors (Lipinski definition) is 0. The topological polar surface area (TPSA) is 0 Å². The third kappa shape index (κ3) is 2.56. The normalized spacial score (nSPS) is 17.4. The lowest BCUT2D eigenvalue weighted by molar-refractivity contribution is 1.01. The maximum atomic E-state index is 3.91. The molecule has 0 aliphatic heterocycles. The Hall–Kier alpha value is 0.285. The van der Waals surface area contributed by atoms with E-state index < -0.39 is 0 Å². The van der Waals surface area contributed by atoms with Gasteiger partial charge in [0.05, 0.1) is 0 Å². The Morgan fingerprint density at radius 2 is 2.00 bits per heavy atom. The van der Waals surface area contributed by atoms with Crippen LogP contribution in [0.5, 0.6) is 0 Å². The van der Waals surface area contributed by atoms with Crippen LogP contribution in [-0.4, -0.2) is 12.7 Å². The average molecular weight is 175 g/mol. The van der Waals surface area contributed by atoms with Crippen LogP contribution in [0.4, 0.5) is 0 Å². The van der Waals surface area contributed by atoms with E-state index >= 15 is 0 Å². The molecule has 2 heteroatoms. The van der Waals surface area contributed by atoms with Gasteiger partial charge in [-0.15, -0.1) is 0 Å². The molecule has 0 saturated heterocycles. The fourth-order valence-corrected chi connectivity index (χ4v) is 0.988. The van der Waals surface area contributed by atoms with Gasteiger partial charge in [0, 0.05) is 4.83 Å². The molecule has 0 aliphatic carbocycles. The van der Waals surface area contributed by atoms with Crippen molar-refractivity contribution >= 4 is 23.8 Å². The lowest BCUT2D eigenvalue weighted by atomic mass is 9.82. The lowest BCUT2D eigenvalue weighted by Crippen LogP contribution is -1.99. The molecule has 8 heavy (non-hydrogen) atoms. The minimum absolute atomic E-state index is 0.461. The molecule has 0 nitrogen and oxygen atoms in total. The highest BCUT2D eigenvalue weighted by Gasteiger charge is 2.04. The molecular formula is C6H12BBr. The summed E-state index contributed by atoms with van der Waals surface area (Å²) in [5, 5.41) is 0. The van der Waals surface area contributed by atoms with Gasteiger partial charge in [0.15, 0.2) is 0 Å². The first kappa shape index (κ1) is 8.28. The Morgan fingerprint density at radius 3 is 2.00 bits per heavy atom. The third-order valence-electron chi connectivity index (χ3n) is 1.25. The molecule has 0 aliphatic rings. The summed E-state index contributed by atoms with van der Waals surface area (Å²) < 4.78 is 0. The first-order valence-electron chi connectivity index (χ1n) is 2.88. The van der Waals surface area contributed by atoms with E-state index in [0.29, 0.717) is 10.6 Å². The van der Waals surface area contributed by atoms with Gasteiger partial charge < -0.3 is 0 Å². The summed E-state index contributed by atoms with van der Waals surface area (Å²) in [7, 11) is 2.15. The minimum Gasteiger partial charge on any atom is -0.0992 e. The highest BCUT2D eigenvalue weighted by atomic mass is 79.9. The van der Waals surface area contributed by atoms with Gasteiger partial charge >= 0.3 is 0 Å². The zero-order valence-electron chi connectivity index (χ0n) is 5.74. The van der Waals surface area contributed by atoms with Crippen molar-refractivity contribution in [3.05, 3.63) is 12.2 Å². The summed E-state index contributed by atoms with van der Waals surface area (Å²) in [6.45, 7) is 8.16. The van der Waals surface area contributed by atoms with Crippen molar-refractivity contribution in [3.8, 4) is 0 Å². The molecule has 0 aromatic rings. The fraction of sp³-hybridized carbons (Fsp3) is 0.667. The van der Waals surface area contributed by atoms with E-state index in [0.717, 1.165) is 0 Å². The summed E-state index contributed by atoms with van der Waals surface area (Å²) in [6.07, 6.45) is 0. The van der Waals surface area contributed by atoms with E-state index in [-0.39, 0.29) is 0 Å². The van der Waals surface area contributed by atoms with Crippen LogP contribution in [0.1, 0.15) is 13.8 Å². The highest BCUT2D eigenvalue weighted by Crippen LogP contribution is 2.19. The standard InChI is InChI=1S/C6H12BBr/c1-4(5(2)7)6(3)8/h5-6H,1,7H2,2-3H3. The molecule has 0 amide bonds. The second kappa shape index (κ2) is 3.34. The van der Waals surface area contributed by atoms with E-state index in [2.05, 4.69) is 44.2 Å². The third-order valence-corrected chi connectivity index (χ3v) is 1.84. The Bertz CT molecular complexity index is 76.5. The minimum atomic E-state index is 0.461. The van der Waals surface area contributed by atoms with Crippen LogP contribution in [0.2, 0.25) is 5.82 Å². The monoisotopic (exact) mass is 174 g/mol.